The summed E-state index contributed by atoms with van der Waals surface area (Å²) in [6.07, 6.45) is 0. The van der Waals surface area contributed by atoms with Gasteiger partial charge in [0.1, 0.15) is 6.54 Å². The summed E-state index contributed by atoms with van der Waals surface area (Å²) in [5.41, 5.74) is 0.00490. The molecule has 18 heavy (non-hydrogen) atoms. The lowest BCUT2D eigenvalue weighted by molar-refractivity contribution is -0.139. The van der Waals surface area contributed by atoms with Crippen LogP contribution < -0.4 is 5.32 Å². The molecule has 0 unspecified atom stereocenters. The number of aliphatic hydroxyl groups is 1. The van der Waals surface area contributed by atoms with Crippen LogP contribution in [0, 0.1) is 0 Å². The van der Waals surface area contributed by atoms with E-state index in [-0.39, 0.29) is 12.5 Å². The Hall–Kier alpha value is -1.88. The molecule has 0 saturated heterocycles. The molecule has 1 aromatic carbocycles. The quantitative estimate of drug-likeness (QED) is 0.777. The molecule has 0 aliphatic carbocycles. The molecule has 1 amide bonds. The maximum atomic E-state index is 11.7. The van der Waals surface area contributed by atoms with Gasteiger partial charge in [0.05, 0.1) is 12.7 Å². The first kappa shape index (κ1) is 14.2. The van der Waals surface area contributed by atoms with Gasteiger partial charge in [-0.2, -0.15) is 0 Å². The Morgan fingerprint density at radius 2 is 2.06 bits per heavy atom. The van der Waals surface area contributed by atoms with E-state index in [0.29, 0.717) is 11.1 Å². The third-order valence-electron chi connectivity index (χ3n) is 2.45. The monoisotopic (exact) mass is 251 g/mol. The first-order chi connectivity index (χ1) is 8.34. The fourth-order valence-electron chi connectivity index (χ4n) is 1.37. The molecule has 0 aliphatic heterocycles. The first-order valence-electron chi connectivity index (χ1n) is 5.52. The Morgan fingerprint density at radius 3 is 2.61 bits per heavy atom. The highest BCUT2D eigenvalue weighted by Gasteiger charge is 2.17. The number of ether oxygens (including phenoxy) is 1. The summed E-state index contributed by atoms with van der Waals surface area (Å²) in [7, 11) is 1.25. The molecule has 98 valence electrons. The van der Waals surface area contributed by atoms with Gasteiger partial charge >= 0.3 is 5.97 Å². The van der Waals surface area contributed by atoms with E-state index in [9.17, 15) is 14.7 Å². The molecule has 0 aromatic heterocycles. The van der Waals surface area contributed by atoms with Gasteiger partial charge in [0, 0.05) is 5.56 Å². The summed E-state index contributed by atoms with van der Waals surface area (Å²) in [6, 6.07) is 6.62. The van der Waals surface area contributed by atoms with E-state index >= 15 is 0 Å². The highest BCUT2D eigenvalue weighted by atomic mass is 16.5. The van der Waals surface area contributed by atoms with Crippen LogP contribution in [0.4, 0.5) is 0 Å². The van der Waals surface area contributed by atoms with Crippen molar-refractivity contribution in [3.05, 3.63) is 35.4 Å². The zero-order chi connectivity index (χ0) is 13.8. The van der Waals surface area contributed by atoms with E-state index in [1.807, 2.05) is 0 Å². The van der Waals surface area contributed by atoms with Gasteiger partial charge in [-0.05, 0) is 31.5 Å². The number of benzene rings is 1. The highest BCUT2D eigenvalue weighted by Crippen LogP contribution is 2.20. The van der Waals surface area contributed by atoms with Gasteiger partial charge in [-0.15, -0.1) is 0 Å². The predicted octanol–water partition coefficient (Wildman–Crippen LogP) is 0.817. The zero-order valence-corrected chi connectivity index (χ0v) is 10.7. The van der Waals surface area contributed by atoms with Crippen molar-refractivity contribution in [3.8, 4) is 0 Å². The third-order valence-corrected chi connectivity index (χ3v) is 2.45. The topological polar surface area (TPSA) is 75.6 Å². The second-order valence-electron chi connectivity index (χ2n) is 4.40. The van der Waals surface area contributed by atoms with Crippen LogP contribution in [-0.4, -0.2) is 30.6 Å². The van der Waals surface area contributed by atoms with Crippen LogP contribution in [0.15, 0.2) is 24.3 Å². The minimum Gasteiger partial charge on any atom is -0.468 e. The van der Waals surface area contributed by atoms with Gasteiger partial charge < -0.3 is 15.2 Å². The number of nitrogens with one attached hydrogen (secondary N) is 1. The number of carbonyl (C=O) groups excluding carboxylic acids is 2. The van der Waals surface area contributed by atoms with Gasteiger partial charge in [0.2, 0.25) is 0 Å². The molecular weight excluding hydrogens is 234 g/mol. The average molecular weight is 251 g/mol. The predicted molar refractivity (Wildman–Crippen MR) is 66.0 cm³/mol. The Labute approximate surface area is 106 Å². The summed E-state index contributed by atoms with van der Waals surface area (Å²) < 4.78 is 4.42. The molecule has 0 radical (unpaired) electrons. The smallest absolute Gasteiger partial charge is 0.325 e. The van der Waals surface area contributed by atoms with Gasteiger partial charge in [0.25, 0.3) is 5.91 Å². The maximum absolute atomic E-state index is 11.7. The first-order valence-corrected chi connectivity index (χ1v) is 5.52. The van der Waals surface area contributed by atoms with Crippen molar-refractivity contribution < 1.29 is 19.4 Å². The summed E-state index contributed by atoms with van der Waals surface area (Å²) in [5.74, 6) is -0.895. The molecule has 5 heteroatoms. The second kappa shape index (κ2) is 5.64. The number of amides is 1. The van der Waals surface area contributed by atoms with Crippen molar-refractivity contribution in [2.45, 2.75) is 19.4 Å². The molecular formula is C13H17NO4. The summed E-state index contributed by atoms with van der Waals surface area (Å²) in [5, 5.41) is 12.3. The SMILES string of the molecule is COC(=O)CNC(=O)c1cccc(C(C)(C)O)c1. The van der Waals surface area contributed by atoms with Crippen molar-refractivity contribution in [2.24, 2.45) is 0 Å². The van der Waals surface area contributed by atoms with Gasteiger partial charge in [-0.3, -0.25) is 9.59 Å². The molecule has 0 saturated carbocycles. The zero-order valence-electron chi connectivity index (χ0n) is 10.7. The number of hydrogen-bond acceptors (Lipinski definition) is 4. The lowest BCUT2D eigenvalue weighted by atomic mass is 9.96. The standard InChI is InChI=1S/C13H17NO4/c1-13(2,17)10-6-4-5-9(7-10)12(16)14-8-11(15)18-3/h4-7,17H,8H2,1-3H3,(H,14,16). The fourth-order valence-corrected chi connectivity index (χ4v) is 1.37. The molecule has 1 rings (SSSR count). The van der Waals surface area contributed by atoms with Gasteiger partial charge in [0.15, 0.2) is 0 Å². The number of rotatable bonds is 4. The van der Waals surface area contributed by atoms with Crippen LogP contribution in [0.5, 0.6) is 0 Å². The molecule has 0 atom stereocenters. The Kier molecular flexibility index (Phi) is 4.44. The number of methoxy groups -OCH3 is 1. The molecule has 0 fully saturated rings. The summed E-state index contributed by atoms with van der Waals surface area (Å²) in [6.45, 7) is 3.10. The van der Waals surface area contributed by atoms with Gasteiger partial charge in [-0.25, -0.2) is 0 Å². The fraction of sp³-hybridized carbons (Fsp3) is 0.385. The minimum atomic E-state index is -1.02. The average Bonchev–Trinajstić information content (AvgIpc) is 2.34. The maximum Gasteiger partial charge on any atom is 0.325 e. The molecule has 5 nitrogen and oxygen atoms in total. The van der Waals surface area contributed by atoms with Crippen LogP contribution >= 0.6 is 0 Å². The molecule has 0 aliphatic rings. The molecule has 0 spiro atoms. The Morgan fingerprint density at radius 1 is 1.39 bits per heavy atom. The number of esters is 1. The van der Waals surface area contributed by atoms with Crippen LogP contribution in [0.2, 0.25) is 0 Å². The van der Waals surface area contributed by atoms with Crippen LogP contribution in [-0.2, 0) is 15.1 Å². The number of hydrogen-bond donors (Lipinski definition) is 2. The van der Waals surface area contributed by atoms with Crippen molar-refractivity contribution in [1.82, 2.24) is 5.32 Å². The molecule has 1 aromatic rings. The largest absolute Gasteiger partial charge is 0.468 e. The van der Waals surface area contributed by atoms with Crippen LogP contribution in [0.3, 0.4) is 0 Å². The molecule has 2 N–H and O–H groups in total. The highest BCUT2D eigenvalue weighted by molar-refractivity contribution is 5.96. The summed E-state index contributed by atoms with van der Waals surface area (Å²) >= 11 is 0. The third kappa shape index (κ3) is 3.85. The Balaban J connectivity index is 2.78. The normalized spacial score (nSPS) is 10.9. The van der Waals surface area contributed by atoms with Crippen molar-refractivity contribution >= 4 is 11.9 Å². The molecule has 0 heterocycles. The minimum absolute atomic E-state index is 0.178. The molecule has 0 bridgehead atoms. The van der Waals surface area contributed by atoms with E-state index < -0.39 is 11.6 Å². The Bertz CT molecular complexity index is 449. The van der Waals surface area contributed by atoms with Crippen molar-refractivity contribution in [3.63, 3.8) is 0 Å². The second-order valence-corrected chi connectivity index (χ2v) is 4.40. The van der Waals surface area contributed by atoms with E-state index in [1.165, 1.54) is 7.11 Å². The lowest BCUT2D eigenvalue weighted by Gasteiger charge is -2.18. The van der Waals surface area contributed by atoms with E-state index in [0.717, 1.165) is 0 Å². The summed E-state index contributed by atoms with van der Waals surface area (Å²) in [4.78, 5) is 22.6. The number of carbonyl (C=O) groups is 2. The van der Waals surface area contributed by atoms with Crippen molar-refractivity contribution in [1.29, 1.82) is 0 Å². The van der Waals surface area contributed by atoms with E-state index in [2.05, 4.69) is 10.1 Å². The van der Waals surface area contributed by atoms with E-state index in [1.54, 1.807) is 38.1 Å². The van der Waals surface area contributed by atoms with E-state index in [4.69, 9.17) is 0 Å². The van der Waals surface area contributed by atoms with Crippen LogP contribution in [0.25, 0.3) is 0 Å². The van der Waals surface area contributed by atoms with Crippen molar-refractivity contribution in [2.75, 3.05) is 13.7 Å². The van der Waals surface area contributed by atoms with Gasteiger partial charge in [-0.1, -0.05) is 12.1 Å². The van der Waals surface area contributed by atoms with Crippen LogP contribution in [0.1, 0.15) is 29.8 Å². The lowest BCUT2D eigenvalue weighted by Crippen LogP contribution is -2.30.